The number of nitrogens with zero attached hydrogens (tertiary/aromatic N) is 4. The van der Waals surface area contributed by atoms with Crippen LogP contribution in [0.25, 0.3) is 11.4 Å². The van der Waals surface area contributed by atoms with Gasteiger partial charge in [0, 0.05) is 25.0 Å². The number of rotatable bonds is 6. The second-order valence-electron chi connectivity index (χ2n) is 5.25. The summed E-state index contributed by atoms with van der Waals surface area (Å²) in [7, 11) is -1.98. The number of pyridine rings is 1. The maximum atomic E-state index is 12.4. The van der Waals surface area contributed by atoms with E-state index in [-0.39, 0.29) is 18.2 Å². The van der Waals surface area contributed by atoms with E-state index in [0.717, 1.165) is 5.56 Å². The normalized spacial score (nSPS) is 11.8. The van der Waals surface area contributed by atoms with E-state index >= 15 is 0 Å². The summed E-state index contributed by atoms with van der Waals surface area (Å²) in [6.07, 6.45) is 3.26. The Morgan fingerprint density at radius 1 is 1.12 bits per heavy atom. The Balaban J connectivity index is 1.70. The molecule has 0 spiro atoms. The molecule has 2 aromatic heterocycles. The zero-order valence-corrected chi connectivity index (χ0v) is 13.8. The molecule has 7 nitrogen and oxygen atoms in total. The molecule has 124 valence electrons. The second kappa shape index (κ2) is 6.90. The van der Waals surface area contributed by atoms with E-state index in [2.05, 4.69) is 15.1 Å². The van der Waals surface area contributed by atoms with E-state index < -0.39 is 10.0 Å². The Labute approximate surface area is 140 Å². The average molecular weight is 344 g/mol. The van der Waals surface area contributed by atoms with Gasteiger partial charge in [0.2, 0.25) is 21.7 Å². The van der Waals surface area contributed by atoms with Crippen LogP contribution in [0.3, 0.4) is 0 Å². The molecule has 0 saturated carbocycles. The fourth-order valence-corrected chi connectivity index (χ4v) is 3.26. The highest BCUT2D eigenvalue weighted by Gasteiger charge is 2.21. The van der Waals surface area contributed by atoms with Gasteiger partial charge in [-0.1, -0.05) is 35.5 Å². The van der Waals surface area contributed by atoms with E-state index in [0.29, 0.717) is 11.4 Å². The van der Waals surface area contributed by atoms with Crippen molar-refractivity contribution in [2.45, 2.75) is 12.3 Å². The number of benzene rings is 1. The lowest BCUT2D eigenvalue weighted by Gasteiger charge is -2.14. The van der Waals surface area contributed by atoms with Crippen molar-refractivity contribution in [1.82, 2.24) is 19.4 Å². The number of aromatic nitrogens is 3. The highest BCUT2D eigenvalue weighted by atomic mass is 32.2. The van der Waals surface area contributed by atoms with E-state index in [4.69, 9.17) is 4.52 Å². The van der Waals surface area contributed by atoms with E-state index in [1.54, 1.807) is 36.7 Å². The van der Waals surface area contributed by atoms with E-state index in [1.807, 2.05) is 18.2 Å². The van der Waals surface area contributed by atoms with Crippen LogP contribution in [0, 0.1) is 0 Å². The number of hydrogen-bond acceptors (Lipinski definition) is 6. The van der Waals surface area contributed by atoms with Crippen molar-refractivity contribution in [2.24, 2.45) is 0 Å². The second-order valence-corrected chi connectivity index (χ2v) is 7.33. The number of sulfonamides is 1. The largest absolute Gasteiger partial charge is 0.338 e. The molecule has 1 aromatic carbocycles. The molecule has 0 N–H and O–H groups in total. The van der Waals surface area contributed by atoms with Gasteiger partial charge in [-0.2, -0.15) is 9.29 Å². The van der Waals surface area contributed by atoms with Gasteiger partial charge in [0.25, 0.3) is 0 Å². The van der Waals surface area contributed by atoms with Crippen LogP contribution in [-0.2, 0) is 22.3 Å². The molecule has 0 aliphatic carbocycles. The summed E-state index contributed by atoms with van der Waals surface area (Å²) in [6.45, 7) is 0.0163. The van der Waals surface area contributed by atoms with Gasteiger partial charge < -0.3 is 4.52 Å². The first kappa shape index (κ1) is 16.3. The van der Waals surface area contributed by atoms with Crippen LogP contribution in [0.15, 0.2) is 59.4 Å². The Bertz CT molecular complexity index is 895. The lowest BCUT2D eigenvalue weighted by Crippen LogP contribution is -2.27. The monoisotopic (exact) mass is 344 g/mol. The highest BCUT2D eigenvalue weighted by Crippen LogP contribution is 2.16. The predicted molar refractivity (Wildman–Crippen MR) is 88.1 cm³/mol. The highest BCUT2D eigenvalue weighted by molar-refractivity contribution is 7.88. The minimum atomic E-state index is -3.47. The molecule has 0 radical (unpaired) electrons. The van der Waals surface area contributed by atoms with Gasteiger partial charge in [0.05, 0.1) is 12.3 Å². The Kier molecular flexibility index (Phi) is 4.68. The van der Waals surface area contributed by atoms with Crippen LogP contribution >= 0.6 is 0 Å². The molecule has 0 saturated heterocycles. The molecule has 3 rings (SSSR count). The molecule has 0 amide bonds. The summed E-state index contributed by atoms with van der Waals surface area (Å²) in [5.74, 6) is 0.536. The molecule has 3 aromatic rings. The van der Waals surface area contributed by atoms with Crippen molar-refractivity contribution in [3.05, 3.63) is 66.3 Å². The standard InChI is InChI=1S/C16H16N4O3S/c1-20(24(21,22)12-13-6-3-2-4-7-13)11-15-18-16(19-23-15)14-8-5-9-17-10-14/h2-10H,11-12H2,1H3. The third-order valence-electron chi connectivity index (χ3n) is 3.41. The maximum absolute atomic E-state index is 12.4. The van der Waals surface area contributed by atoms with Crippen LogP contribution in [0.4, 0.5) is 0 Å². The molecule has 0 aliphatic rings. The fourth-order valence-electron chi connectivity index (χ4n) is 2.12. The SMILES string of the molecule is CN(Cc1nc(-c2cccnc2)no1)S(=O)(=O)Cc1ccccc1. The van der Waals surface area contributed by atoms with E-state index in [1.165, 1.54) is 11.4 Å². The first-order valence-electron chi connectivity index (χ1n) is 7.25. The Morgan fingerprint density at radius 2 is 1.92 bits per heavy atom. The van der Waals surface area contributed by atoms with Crippen LogP contribution in [0.5, 0.6) is 0 Å². The summed E-state index contributed by atoms with van der Waals surface area (Å²) in [5.41, 5.74) is 1.44. The van der Waals surface area contributed by atoms with Crippen LogP contribution in [0.1, 0.15) is 11.5 Å². The predicted octanol–water partition coefficient (Wildman–Crippen LogP) is 2.09. The topological polar surface area (TPSA) is 89.2 Å². The van der Waals surface area contributed by atoms with Gasteiger partial charge in [-0.3, -0.25) is 4.98 Å². The smallest absolute Gasteiger partial charge is 0.242 e. The zero-order valence-electron chi connectivity index (χ0n) is 13.0. The van der Waals surface area contributed by atoms with Gasteiger partial charge in [-0.05, 0) is 17.7 Å². The van der Waals surface area contributed by atoms with Gasteiger partial charge in [0.1, 0.15) is 0 Å². The lowest BCUT2D eigenvalue weighted by molar-refractivity contribution is 0.336. The summed E-state index contributed by atoms with van der Waals surface area (Å²) in [4.78, 5) is 8.21. The first-order chi connectivity index (χ1) is 11.5. The van der Waals surface area contributed by atoms with Crippen molar-refractivity contribution in [2.75, 3.05) is 7.05 Å². The lowest BCUT2D eigenvalue weighted by atomic mass is 10.2. The molecule has 0 unspecified atom stereocenters. The molecule has 8 heteroatoms. The van der Waals surface area contributed by atoms with Crippen molar-refractivity contribution >= 4 is 10.0 Å². The number of hydrogen-bond donors (Lipinski definition) is 0. The molecule has 0 fully saturated rings. The van der Waals surface area contributed by atoms with Gasteiger partial charge >= 0.3 is 0 Å². The van der Waals surface area contributed by atoms with E-state index in [9.17, 15) is 8.42 Å². The molecule has 0 bridgehead atoms. The average Bonchev–Trinajstić information content (AvgIpc) is 3.05. The maximum Gasteiger partial charge on any atom is 0.242 e. The summed E-state index contributed by atoms with van der Waals surface area (Å²) in [6, 6.07) is 12.6. The van der Waals surface area contributed by atoms with Crippen LogP contribution in [0.2, 0.25) is 0 Å². The van der Waals surface area contributed by atoms with Crippen molar-refractivity contribution in [1.29, 1.82) is 0 Å². The minimum Gasteiger partial charge on any atom is -0.338 e. The van der Waals surface area contributed by atoms with Crippen molar-refractivity contribution in [3.63, 3.8) is 0 Å². The van der Waals surface area contributed by atoms with Crippen LogP contribution in [-0.4, -0.2) is 34.9 Å². The minimum absolute atomic E-state index is 0.0163. The zero-order chi connectivity index (χ0) is 17.0. The third kappa shape index (κ3) is 3.84. The van der Waals surface area contributed by atoms with Crippen LogP contribution < -0.4 is 0 Å². The molecule has 0 aliphatic heterocycles. The summed E-state index contributed by atoms with van der Waals surface area (Å²) in [5, 5.41) is 3.86. The van der Waals surface area contributed by atoms with Gasteiger partial charge in [-0.25, -0.2) is 8.42 Å². The summed E-state index contributed by atoms with van der Waals surface area (Å²) >= 11 is 0. The van der Waals surface area contributed by atoms with Gasteiger partial charge in [0.15, 0.2) is 0 Å². The Morgan fingerprint density at radius 3 is 2.62 bits per heavy atom. The molecule has 2 heterocycles. The van der Waals surface area contributed by atoms with Crippen molar-refractivity contribution in [3.8, 4) is 11.4 Å². The molecular weight excluding hydrogens is 328 g/mol. The first-order valence-corrected chi connectivity index (χ1v) is 8.86. The molecular formula is C16H16N4O3S. The fraction of sp³-hybridized carbons (Fsp3) is 0.188. The molecule has 24 heavy (non-hydrogen) atoms. The van der Waals surface area contributed by atoms with Crippen molar-refractivity contribution < 1.29 is 12.9 Å². The molecule has 0 atom stereocenters. The third-order valence-corrected chi connectivity index (χ3v) is 5.19. The quantitative estimate of drug-likeness (QED) is 0.680. The summed E-state index contributed by atoms with van der Waals surface area (Å²) < 4.78 is 31.2. The Hall–Kier alpha value is -2.58. The van der Waals surface area contributed by atoms with Gasteiger partial charge in [-0.15, -0.1) is 0 Å².